The lowest BCUT2D eigenvalue weighted by molar-refractivity contribution is 0.475. The number of halogens is 1. The van der Waals surface area contributed by atoms with Crippen LogP contribution in [-0.4, -0.2) is 20.1 Å². The van der Waals surface area contributed by atoms with Gasteiger partial charge in [-0.1, -0.05) is 22.9 Å². The second-order valence-corrected chi connectivity index (χ2v) is 4.31. The third kappa shape index (κ3) is 3.46. The minimum absolute atomic E-state index is 0.210. The Balaban J connectivity index is 1.78. The van der Waals surface area contributed by atoms with Gasteiger partial charge in [0.1, 0.15) is 5.75 Å². The highest BCUT2D eigenvalue weighted by atomic mass is 35.5. The van der Waals surface area contributed by atoms with E-state index in [0.29, 0.717) is 5.02 Å². The Morgan fingerprint density at radius 1 is 1.29 bits per heavy atom. The summed E-state index contributed by atoms with van der Waals surface area (Å²) in [6.07, 6.45) is 6.50. The predicted molar refractivity (Wildman–Crippen MR) is 66.1 cm³/mol. The lowest BCUT2D eigenvalue weighted by atomic mass is 10.1. The van der Waals surface area contributed by atoms with Crippen LogP contribution in [0.3, 0.4) is 0 Å². The highest BCUT2D eigenvalue weighted by Crippen LogP contribution is 2.22. The molecule has 1 aromatic heterocycles. The van der Waals surface area contributed by atoms with Crippen molar-refractivity contribution in [2.45, 2.75) is 25.8 Å². The van der Waals surface area contributed by atoms with Gasteiger partial charge < -0.3 is 5.11 Å². The largest absolute Gasteiger partial charge is 0.508 e. The fourth-order valence-corrected chi connectivity index (χ4v) is 1.95. The maximum absolute atomic E-state index is 9.23. The second-order valence-electron chi connectivity index (χ2n) is 3.90. The molecule has 4 nitrogen and oxygen atoms in total. The Bertz CT molecular complexity index is 471. The van der Waals surface area contributed by atoms with Crippen molar-refractivity contribution in [3.8, 4) is 5.75 Å². The van der Waals surface area contributed by atoms with Crippen LogP contribution in [0.2, 0.25) is 5.02 Å². The van der Waals surface area contributed by atoms with Crippen LogP contribution in [0.1, 0.15) is 18.4 Å². The first-order chi connectivity index (χ1) is 8.25. The van der Waals surface area contributed by atoms with Gasteiger partial charge in [-0.05, 0) is 37.0 Å². The van der Waals surface area contributed by atoms with E-state index in [9.17, 15) is 5.11 Å². The average Bonchev–Trinajstić information content (AvgIpc) is 2.79. The lowest BCUT2D eigenvalue weighted by Crippen LogP contribution is -1.99. The molecule has 0 fully saturated rings. The van der Waals surface area contributed by atoms with Crippen molar-refractivity contribution < 1.29 is 5.11 Å². The number of phenols is 1. The van der Waals surface area contributed by atoms with Gasteiger partial charge in [-0.15, -0.1) is 5.10 Å². The van der Waals surface area contributed by atoms with Crippen LogP contribution in [0.15, 0.2) is 30.6 Å². The molecule has 1 N–H and O–H groups in total. The summed E-state index contributed by atoms with van der Waals surface area (Å²) in [5, 5.41) is 17.5. The molecule has 0 bridgehead atoms. The first kappa shape index (κ1) is 11.9. The molecule has 2 rings (SSSR count). The van der Waals surface area contributed by atoms with Gasteiger partial charge in [-0.3, -0.25) is 4.68 Å². The Kier molecular flexibility index (Phi) is 3.98. The summed E-state index contributed by atoms with van der Waals surface area (Å²) in [4.78, 5) is 0. The molecule has 0 amide bonds. The normalized spacial score (nSPS) is 10.6. The van der Waals surface area contributed by atoms with E-state index < -0.39 is 0 Å². The van der Waals surface area contributed by atoms with Crippen LogP contribution in [0.5, 0.6) is 5.75 Å². The van der Waals surface area contributed by atoms with Gasteiger partial charge in [0.25, 0.3) is 0 Å². The number of hydrogen-bond acceptors (Lipinski definition) is 3. The van der Waals surface area contributed by atoms with E-state index in [0.717, 1.165) is 31.4 Å². The summed E-state index contributed by atoms with van der Waals surface area (Å²) < 4.78 is 1.82. The summed E-state index contributed by atoms with van der Waals surface area (Å²) in [6.45, 7) is 0.871. The number of aromatic nitrogens is 3. The average molecular weight is 252 g/mol. The van der Waals surface area contributed by atoms with Crippen LogP contribution in [0, 0.1) is 0 Å². The molecular weight excluding hydrogens is 238 g/mol. The number of unbranched alkanes of at least 4 members (excludes halogenated alkanes) is 1. The molecule has 0 atom stereocenters. The van der Waals surface area contributed by atoms with E-state index in [-0.39, 0.29) is 5.75 Å². The van der Waals surface area contributed by atoms with E-state index in [2.05, 4.69) is 10.3 Å². The number of nitrogens with zero attached hydrogens (tertiary/aromatic N) is 3. The van der Waals surface area contributed by atoms with Crippen LogP contribution in [0.4, 0.5) is 0 Å². The highest BCUT2D eigenvalue weighted by molar-refractivity contribution is 6.31. The van der Waals surface area contributed by atoms with E-state index in [1.165, 1.54) is 0 Å². The standard InChI is InChI=1S/C12H14ClN3O/c13-12-9-11(17)5-4-10(12)3-1-2-7-16-8-6-14-15-16/h4-6,8-9,17H,1-3,7H2. The lowest BCUT2D eigenvalue weighted by Gasteiger charge is -2.04. The van der Waals surface area contributed by atoms with E-state index >= 15 is 0 Å². The minimum atomic E-state index is 0.210. The van der Waals surface area contributed by atoms with Gasteiger partial charge >= 0.3 is 0 Å². The first-order valence-corrected chi connectivity index (χ1v) is 5.95. The molecule has 0 aliphatic heterocycles. The summed E-state index contributed by atoms with van der Waals surface area (Å²) in [7, 11) is 0. The zero-order valence-electron chi connectivity index (χ0n) is 9.38. The number of benzene rings is 1. The van der Waals surface area contributed by atoms with Crippen molar-refractivity contribution in [2.75, 3.05) is 0 Å². The summed E-state index contributed by atoms with van der Waals surface area (Å²) in [5.41, 5.74) is 1.07. The third-order valence-electron chi connectivity index (χ3n) is 2.59. The highest BCUT2D eigenvalue weighted by Gasteiger charge is 2.01. The topological polar surface area (TPSA) is 50.9 Å². The Morgan fingerprint density at radius 2 is 2.18 bits per heavy atom. The maximum atomic E-state index is 9.23. The Hall–Kier alpha value is -1.55. The zero-order chi connectivity index (χ0) is 12.1. The molecule has 0 radical (unpaired) electrons. The van der Waals surface area contributed by atoms with E-state index in [1.807, 2.05) is 16.9 Å². The number of aryl methyl sites for hydroxylation is 2. The van der Waals surface area contributed by atoms with E-state index in [4.69, 9.17) is 11.6 Å². The van der Waals surface area contributed by atoms with Crippen molar-refractivity contribution in [2.24, 2.45) is 0 Å². The maximum Gasteiger partial charge on any atom is 0.117 e. The number of rotatable bonds is 5. The van der Waals surface area contributed by atoms with Crippen molar-refractivity contribution >= 4 is 11.6 Å². The summed E-state index contributed by atoms with van der Waals surface area (Å²) in [6, 6.07) is 5.11. The molecule has 0 saturated heterocycles. The number of hydrogen-bond donors (Lipinski definition) is 1. The monoisotopic (exact) mass is 251 g/mol. The molecule has 0 aliphatic rings. The third-order valence-corrected chi connectivity index (χ3v) is 2.94. The number of phenolic OH excluding ortho intramolecular Hbond substituents is 1. The van der Waals surface area contributed by atoms with Crippen LogP contribution in [0.25, 0.3) is 0 Å². The zero-order valence-corrected chi connectivity index (χ0v) is 10.1. The fraction of sp³-hybridized carbons (Fsp3) is 0.333. The van der Waals surface area contributed by atoms with Gasteiger partial charge in [0.2, 0.25) is 0 Å². The van der Waals surface area contributed by atoms with Gasteiger partial charge in [-0.2, -0.15) is 0 Å². The molecule has 0 unspecified atom stereocenters. The first-order valence-electron chi connectivity index (χ1n) is 5.57. The van der Waals surface area contributed by atoms with Crippen molar-refractivity contribution in [1.82, 2.24) is 15.0 Å². The number of aromatic hydroxyl groups is 1. The van der Waals surface area contributed by atoms with Gasteiger partial charge in [-0.25, -0.2) is 0 Å². The molecule has 90 valence electrons. The summed E-state index contributed by atoms with van der Waals surface area (Å²) in [5.74, 6) is 0.210. The van der Waals surface area contributed by atoms with Crippen LogP contribution >= 0.6 is 11.6 Å². The quantitative estimate of drug-likeness (QED) is 0.832. The SMILES string of the molecule is Oc1ccc(CCCCn2ccnn2)c(Cl)c1. The fourth-order valence-electron chi connectivity index (χ4n) is 1.68. The van der Waals surface area contributed by atoms with Gasteiger partial charge in [0, 0.05) is 17.8 Å². The van der Waals surface area contributed by atoms with Crippen LogP contribution in [-0.2, 0) is 13.0 Å². The molecule has 1 heterocycles. The van der Waals surface area contributed by atoms with Crippen molar-refractivity contribution in [3.05, 3.63) is 41.2 Å². The molecule has 5 heteroatoms. The molecule has 17 heavy (non-hydrogen) atoms. The van der Waals surface area contributed by atoms with Crippen molar-refractivity contribution in [3.63, 3.8) is 0 Å². The van der Waals surface area contributed by atoms with Crippen molar-refractivity contribution in [1.29, 1.82) is 0 Å². The minimum Gasteiger partial charge on any atom is -0.508 e. The van der Waals surface area contributed by atoms with Gasteiger partial charge in [0.05, 0.1) is 6.20 Å². The molecule has 2 aromatic rings. The van der Waals surface area contributed by atoms with Gasteiger partial charge in [0.15, 0.2) is 0 Å². The predicted octanol–water partition coefficient (Wildman–Crippen LogP) is 2.66. The van der Waals surface area contributed by atoms with E-state index in [1.54, 1.807) is 18.3 Å². The molecule has 0 aliphatic carbocycles. The second kappa shape index (κ2) is 5.68. The Morgan fingerprint density at radius 3 is 2.88 bits per heavy atom. The van der Waals surface area contributed by atoms with Crippen LogP contribution < -0.4 is 0 Å². The smallest absolute Gasteiger partial charge is 0.117 e. The molecule has 1 aromatic carbocycles. The molecule has 0 spiro atoms. The molecule has 0 saturated carbocycles. The molecular formula is C12H14ClN3O. The summed E-state index contributed by atoms with van der Waals surface area (Å²) >= 11 is 6.02. The Labute approximate surface area is 105 Å².